The summed E-state index contributed by atoms with van der Waals surface area (Å²) in [4.78, 5) is 53.1. The number of hydrogen-bond acceptors (Lipinski definition) is 14. The van der Waals surface area contributed by atoms with Gasteiger partial charge in [-0.05, 0) is 97.7 Å². The van der Waals surface area contributed by atoms with E-state index < -0.39 is 0 Å². The number of para-hydroxylation sites is 2. The Morgan fingerprint density at radius 3 is 2.04 bits per heavy atom. The summed E-state index contributed by atoms with van der Waals surface area (Å²) in [5.41, 5.74) is 8.24. The van der Waals surface area contributed by atoms with Crippen LogP contribution < -0.4 is 39.0 Å². The Bertz CT molecular complexity index is 2860. The molecule has 5 aromatic carbocycles. The van der Waals surface area contributed by atoms with Crippen LogP contribution in [0.4, 0.5) is 28.4 Å². The van der Waals surface area contributed by atoms with Gasteiger partial charge in [0.25, 0.3) is 11.8 Å². The molecule has 0 radical (unpaired) electrons. The van der Waals surface area contributed by atoms with Crippen molar-refractivity contribution in [3.05, 3.63) is 124 Å². The third-order valence-corrected chi connectivity index (χ3v) is 16.1. The molecule has 2 atom stereocenters. The monoisotopic (exact) mass is 1030 g/mol. The summed E-state index contributed by atoms with van der Waals surface area (Å²) in [5, 5.41) is 3.52. The summed E-state index contributed by atoms with van der Waals surface area (Å²) in [6.07, 6.45) is 6.28. The van der Waals surface area contributed by atoms with Crippen molar-refractivity contribution in [1.29, 1.82) is 0 Å². The summed E-state index contributed by atoms with van der Waals surface area (Å²) >= 11 is 0. The van der Waals surface area contributed by atoms with E-state index in [2.05, 4.69) is 25.2 Å². The standard InChI is InChI=1S/C56H63N5O10S2/c1-56(2,73-72-6)16-15-53(62)59(17-18-68-21-22-69-20-19-65-3)40-24-36(34-70-51-30-45-43(28-49(51)66-4)54(63)60-41(32-57-45)26-38-11-7-9-13-47(38)60)23-37(25-40)35-71-52-31-46-44(29-50(52)67-5)55(64)61-42(33-58-46)27-39-12-8-10-14-48(39)61/h7-14,23-25,28-32,41-42,58H,15-22,26-27,33-35H2,1-6H3. The summed E-state index contributed by atoms with van der Waals surface area (Å²) in [7, 11) is 8.17. The number of ether oxygens (including phenoxy) is 7. The van der Waals surface area contributed by atoms with Gasteiger partial charge in [-0.2, -0.15) is 0 Å². The molecule has 0 saturated heterocycles. The SMILES string of the molecule is COCCOCCOCCN(C(=O)CCC(C)(C)SSC)c1cc(COc2cc3c(cc2OC)C(=O)N2c4ccccc4CC2C=N3)cc(COc2cc3c(cc2OC)C(=O)N2c4ccccc4CC2CN3)c1. The van der Waals surface area contributed by atoms with E-state index in [9.17, 15) is 14.4 Å². The van der Waals surface area contributed by atoms with Gasteiger partial charge in [0, 0.05) is 73.2 Å². The Kier molecular flexibility index (Phi) is 16.5. The van der Waals surface area contributed by atoms with Crippen molar-refractivity contribution in [2.45, 2.75) is 69.6 Å². The summed E-state index contributed by atoms with van der Waals surface area (Å²) in [6.45, 7) is 7.28. The number of hydrogen-bond donors (Lipinski definition) is 1. The zero-order valence-electron chi connectivity index (χ0n) is 42.3. The maximum absolute atomic E-state index is 14.5. The molecule has 2 unspecified atom stereocenters. The number of nitrogens with one attached hydrogen (secondary N) is 1. The Hall–Kier alpha value is -6.24. The first-order chi connectivity index (χ1) is 35.5. The second-order valence-corrected chi connectivity index (χ2v) is 21.9. The highest BCUT2D eigenvalue weighted by molar-refractivity contribution is 8.76. The molecule has 4 aliphatic heterocycles. The molecule has 0 spiro atoms. The van der Waals surface area contributed by atoms with Gasteiger partial charge in [-0.15, -0.1) is 0 Å². The van der Waals surface area contributed by atoms with Crippen LogP contribution in [-0.4, -0.2) is 114 Å². The van der Waals surface area contributed by atoms with Crippen molar-refractivity contribution in [3.63, 3.8) is 0 Å². The van der Waals surface area contributed by atoms with E-state index >= 15 is 0 Å². The quantitative estimate of drug-likeness (QED) is 0.0489. The topological polar surface area (TPSA) is 150 Å². The van der Waals surface area contributed by atoms with Crippen LogP contribution in [0.3, 0.4) is 0 Å². The van der Waals surface area contributed by atoms with Crippen molar-refractivity contribution in [2.24, 2.45) is 4.99 Å². The highest BCUT2D eigenvalue weighted by atomic mass is 33.1. The van der Waals surface area contributed by atoms with E-state index in [1.807, 2.05) is 84.1 Å². The van der Waals surface area contributed by atoms with Crippen molar-refractivity contribution in [2.75, 3.05) is 93.7 Å². The molecule has 5 aromatic rings. The number of nitrogens with zero attached hydrogens (tertiary/aromatic N) is 4. The average molecular weight is 1030 g/mol. The Balaban J connectivity index is 1.01. The third kappa shape index (κ3) is 11.6. The van der Waals surface area contributed by atoms with Crippen molar-refractivity contribution < 1.29 is 47.5 Å². The highest BCUT2D eigenvalue weighted by Crippen LogP contribution is 2.43. The summed E-state index contributed by atoms with van der Waals surface area (Å²) in [5.74, 6) is 1.33. The second-order valence-electron chi connectivity index (χ2n) is 18.8. The predicted molar refractivity (Wildman–Crippen MR) is 290 cm³/mol. The summed E-state index contributed by atoms with van der Waals surface area (Å²) in [6, 6.07) is 28.6. The zero-order chi connectivity index (χ0) is 51.1. The lowest BCUT2D eigenvalue weighted by atomic mass is 10.1. The molecule has 9 rings (SSSR count). The molecule has 3 amide bonds. The van der Waals surface area contributed by atoms with E-state index in [-0.39, 0.29) is 60.9 Å². The van der Waals surface area contributed by atoms with E-state index in [0.717, 1.165) is 40.0 Å². The first-order valence-corrected chi connectivity index (χ1v) is 27.1. The number of fused-ring (bicyclic) bond motifs is 8. The van der Waals surface area contributed by atoms with Gasteiger partial charge in [0.15, 0.2) is 23.0 Å². The number of carbonyl (C=O) groups excluding carboxylic acids is 3. The smallest absolute Gasteiger partial charge is 0.261 e. The lowest BCUT2D eigenvalue weighted by Gasteiger charge is -2.27. The molecule has 384 valence electrons. The lowest BCUT2D eigenvalue weighted by Crippen LogP contribution is -2.39. The number of rotatable bonds is 23. The van der Waals surface area contributed by atoms with Crippen LogP contribution in [0.25, 0.3) is 0 Å². The van der Waals surface area contributed by atoms with Crippen LogP contribution >= 0.6 is 21.6 Å². The molecule has 4 heterocycles. The minimum Gasteiger partial charge on any atom is -0.493 e. The average Bonchev–Trinajstić information content (AvgIpc) is 3.89. The Morgan fingerprint density at radius 2 is 1.36 bits per heavy atom. The number of carbonyl (C=O) groups is 3. The largest absolute Gasteiger partial charge is 0.493 e. The normalized spacial score (nSPS) is 16.3. The molecule has 0 saturated carbocycles. The number of benzene rings is 5. The first-order valence-electron chi connectivity index (χ1n) is 24.6. The number of methoxy groups -OCH3 is 3. The van der Waals surface area contributed by atoms with Crippen molar-refractivity contribution in [3.8, 4) is 23.0 Å². The molecular formula is C56H63N5O10S2. The van der Waals surface area contributed by atoms with Gasteiger partial charge in [0.05, 0.1) is 81.8 Å². The minimum absolute atomic E-state index is 0.0337. The van der Waals surface area contributed by atoms with Crippen LogP contribution in [0, 0.1) is 0 Å². The van der Waals surface area contributed by atoms with Gasteiger partial charge in [-0.1, -0.05) is 58.0 Å². The second kappa shape index (κ2) is 23.3. The van der Waals surface area contributed by atoms with Crippen LogP contribution in [0.1, 0.15) is 69.7 Å². The molecule has 0 aromatic heterocycles. The molecule has 1 N–H and O–H groups in total. The lowest BCUT2D eigenvalue weighted by molar-refractivity contribution is -0.119. The van der Waals surface area contributed by atoms with Crippen LogP contribution in [0.15, 0.2) is 96.0 Å². The number of aliphatic imine (C=N–C) groups is 1. The summed E-state index contributed by atoms with van der Waals surface area (Å²) < 4.78 is 41.5. The van der Waals surface area contributed by atoms with Gasteiger partial charge >= 0.3 is 0 Å². The van der Waals surface area contributed by atoms with Crippen molar-refractivity contribution in [1.82, 2.24) is 0 Å². The van der Waals surface area contributed by atoms with E-state index in [0.29, 0.717) is 103 Å². The van der Waals surface area contributed by atoms with Gasteiger partial charge in [0.2, 0.25) is 5.91 Å². The Morgan fingerprint density at radius 1 is 0.740 bits per heavy atom. The van der Waals surface area contributed by atoms with Crippen LogP contribution in [-0.2, 0) is 45.1 Å². The van der Waals surface area contributed by atoms with E-state index in [4.69, 9.17) is 38.2 Å². The maximum atomic E-state index is 14.5. The highest BCUT2D eigenvalue weighted by Gasteiger charge is 2.39. The van der Waals surface area contributed by atoms with Gasteiger partial charge in [0.1, 0.15) is 13.2 Å². The van der Waals surface area contributed by atoms with Gasteiger partial charge in [-0.3, -0.25) is 24.3 Å². The predicted octanol–water partition coefficient (Wildman–Crippen LogP) is 9.73. The van der Waals surface area contributed by atoms with Crippen molar-refractivity contribution >= 4 is 74.0 Å². The molecular weight excluding hydrogens is 967 g/mol. The third-order valence-electron chi connectivity index (χ3n) is 13.4. The van der Waals surface area contributed by atoms with Gasteiger partial charge < -0.3 is 48.3 Å². The molecule has 0 fully saturated rings. The fraction of sp³-hybridized carbons (Fsp3) is 0.393. The number of amides is 3. The van der Waals surface area contributed by atoms with E-state index in [1.54, 1.807) is 70.9 Å². The van der Waals surface area contributed by atoms with E-state index in [1.165, 1.54) is 0 Å². The molecule has 17 heteroatoms. The minimum atomic E-state index is -0.211. The molecule has 0 bridgehead atoms. The van der Waals surface area contributed by atoms with Crippen LogP contribution in [0.2, 0.25) is 0 Å². The first kappa shape index (κ1) is 51.7. The zero-order valence-corrected chi connectivity index (χ0v) is 43.9. The molecule has 73 heavy (non-hydrogen) atoms. The molecule has 15 nitrogen and oxygen atoms in total. The number of anilines is 4. The fourth-order valence-corrected chi connectivity index (χ4v) is 12.1. The fourth-order valence-electron chi connectivity index (χ4n) is 9.82. The van der Waals surface area contributed by atoms with Crippen LogP contribution in [0.5, 0.6) is 23.0 Å². The molecule has 0 aliphatic carbocycles. The molecule has 4 aliphatic rings. The van der Waals surface area contributed by atoms with Gasteiger partial charge in [-0.25, -0.2) is 0 Å². The maximum Gasteiger partial charge on any atom is 0.261 e. The Labute approximate surface area is 435 Å².